The number of carboxylic acids is 1. The number of carbonyl (C=O) groups is 2. The number of hydrogen-bond donors (Lipinski definition) is 4. The lowest BCUT2D eigenvalue weighted by molar-refractivity contribution is -0.149. The maximum Gasteiger partial charge on any atom is 0.352 e. The van der Waals surface area contributed by atoms with Gasteiger partial charge in [0.25, 0.3) is 11.5 Å². The normalized spacial score (nSPS) is 16.4. The molecule has 0 spiro atoms. The highest BCUT2D eigenvalue weighted by molar-refractivity contribution is 6.33. The molecule has 0 saturated heterocycles. The summed E-state index contributed by atoms with van der Waals surface area (Å²) in [6.45, 7) is -1.13. The van der Waals surface area contributed by atoms with Gasteiger partial charge in [0.2, 0.25) is 0 Å². The van der Waals surface area contributed by atoms with Crippen molar-refractivity contribution in [2.45, 2.75) is 51.2 Å². The Morgan fingerprint density at radius 1 is 1.18 bits per heavy atom. The van der Waals surface area contributed by atoms with Crippen LogP contribution in [0.5, 0.6) is 0 Å². The van der Waals surface area contributed by atoms with Gasteiger partial charge in [-0.15, -0.1) is 0 Å². The Bertz CT molecular complexity index is 1170. The smallest absolute Gasteiger partial charge is 0.352 e. The molecule has 0 aliphatic heterocycles. The molecular weight excluding hydrogens is 468 g/mol. The molecule has 1 heterocycles. The number of aliphatic carboxylic acids is 1. The van der Waals surface area contributed by atoms with E-state index in [1.165, 1.54) is 18.2 Å². The fourth-order valence-corrected chi connectivity index (χ4v) is 4.29. The van der Waals surface area contributed by atoms with E-state index in [1.54, 1.807) is 0 Å². The number of carbonyl (C=O) groups excluding carboxylic acids is 1. The highest BCUT2D eigenvalue weighted by atomic mass is 35.5. The summed E-state index contributed by atoms with van der Waals surface area (Å²) < 4.78 is 1.58. The lowest BCUT2D eigenvalue weighted by Gasteiger charge is -2.28. The van der Waals surface area contributed by atoms with Gasteiger partial charge in [0.05, 0.1) is 40.9 Å². The first kappa shape index (κ1) is 25.6. The van der Waals surface area contributed by atoms with Crippen molar-refractivity contribution in [3.8, 4) is 5.69 Å². The monoisotopic (exact) mass is 494 g/mol. The van der Waals surface area contributed by atoms with E-state index in [4.69, 9.17) is 16.7 Å². The summed E-state index contributed by atoms with van der Waals surface area (Å²) in [5.74, 6) is -1.55. The molecule has 1 unspecified atom stereocenters. The number of amides is 1. The Morgan fingerprint density at radius 3 is 2.47 bits per heavy atom. The van der Waals surface area contributed by atoms with Crippen LogP contribution >= 0.6 is 11.6 Å². The van der Waals surface area contributed by atoms with Crippen LogP contribution in [0.15, 0.2) is 34.0 Å². The Balaban J connectivity index is 1.89. The Hall–Kier alpha value is -3.02. The van der Waals surface area contributed by atoms with Crippen LogP contribution in [-0.2, 0) is 11.3 Å². The number of aromatic nitrogens is 3. The van der Waals surface area contributed by atoms with E-state index < -0.39 is 47.8 Å². The summed E-state index contributed by atoms with van der Waals surface area (Å²) in [5, 5.41) is 35.0. The van der Waals surface area contributed by atoms with Gasteiger partial charge in [-0.3, -0.25) is 19.0 Å². The van der Waals surface area contributed by atoms with Crippen molar-refractivity contribution in [2.24, 2.45) is 5.41 Å². The summed E-state index contributed by atoms with van der Waals surface area (Å²) in [4.78, 5) is 49.7. The molecule has 4 N–H and O–H groups in total. The standard InChI is InChI=1S/C22H27ClN4O7/c23-17-6-5-14(27-21(34)26(11-15(29)12-28)18(30)10-25-27)9-16(17)19(31)24-13-22(20(32)33)7-3-1-2-4-8-22/h5-6,9-10,15,28-29H,1-4,7-8,11-13H2,(H,24,31)(H,32,33). The molecule has 1 aliphatic rings. The number of hydrogen-bond acceptors (Lipinski definition) is 7. The number of carboxylic acid groups (broad SMARTS) is 1. The number of nitrogens with one attached hydrogen (secondary N) is 1. The average Bonchev–Trinajstić information content (AvgIpc) is 3.07. The number of aliphatic hydroxyl groups is 2. The minimum atomic E-state index is -1.32. The van der Waals surface area contributed by atoms with Gasteiger partial charge in [-0.2, -0.15) is 9.78 Å². The molecule has 1 saturated carbocycles. The molecule has 2 aromatic rings. The zero-order valence-corrected chi connectivity index (χ0v) is 19.2. The highest BCUT2D eigenvalue weighted by Gasteiger charge is 2.39. The van der Waals surface area contributed by atoms with Crippen molar-refractivity contribution >= 4 is 23.5 Å². The molecule has 34 heavy (non-hydrogen) atoms. The van der Waals surface area contributed by atoms with Crippen molar-refractivity contribution in [2.75, 3.05) is 13.2 Å². The van der Waals surface area contributed by atoms with Gasteiger partial charge < -0.3 is 20.6 Å². The molecule has 0 radical (unpaired) electrons. The summed E-state index contributed by atoms with van der Waals surface area (Å²) in [6.07, 6.45) is 3.95. The zero-order valence-electron chi connectivity index (χ0n) is 18.4. The second-order valence-electron chi connectivity index (χ2n) is 8.47. The van der Waals surface area contributed by atoms with Crippen LogP contribution in [0.1, 0.15) is 48.9 Å². The van der Waals surface area contributed by atoms with Crippen LogP contribution in [0.2, 0.25) is 5.02 Å². The van der Waals surface area contributed by atoms with E-state index in [0.29, 0.717) is 17.4 Å². The van der Waals surface area contributed by atoms with Crippen molar-refractivity contribution in [1.29, 1.82) is 0 Å². The number of benzene rings is 1. The zero-order chi connectivity index (χ0) is 24.9. The Labute approximate surface area is 199 Å². The Kier molecular flexibility index (Phi) is 8.24. The molecule has 184 valence electrons. The number of halogens is 1. The van der Waals surface area contributed by atoms with Crippen LogP contribution in [0, 0.1) is 5.41 Å². The summed E-state index contributed by atoms with van der Waals surface area (Å²) >= 11 is 6.21. The largest absolute Gasteiger partial charge is 0.481 e. The number of rotatable bonds is 8. The van der Waals surface area contributed by atoms with E-state index >= 15 is 0 Å². The number of aliphatic hydroxyl groups excluding tert-OH is 2. The first-order valence-corrected chi connectivity index (χ1v) is 11.4. The van der Waals surface area contributed by atoms with Crippen molar-refractivity contribution in [1.82, 2.24) is 19.7 Å². The molecule has 1 fully saturated rings. The van der Waals surface area contributed by atoms with Gasteiger partial charge in [-0.25, -0.2) is 4.79 Å². The topological polar surface area (TPSA) is 164 Å². The van der Waals surface area contributed by atoms with Crippen LogP contribution < -0.4 is 16.6 Å². The van der Waals surface area contributed by atoms with Gasteiger partial charge in [0, 0.05) is 6.54 Å². The molecule has 1 amide bonds. The molecule has 1 aliphatic carbocycles. The summed E-state index contributed by atoms with van der Waals surface area (Å²) in [7, 11) is 0. The van der Waals surface area contributed by atoms with Gasteiger partial charge in [-0.1, -0.05) is 37.3 Å². The average molecular weight is 495 g/mol. The lowest BCUT2D eigenvalue weighted by atomic mass is 9.80. The first-order valence-electron chi connectivity index (χ1n) is 11.0. The van der Waals surface area contributed by atoms with E-state index in [2.05, 4.69) is 10.4 Å². The van der Waals surface area contributed by atoms with E-state index in [1.807, 2.05) is 0 Å². The van der Waals surface area contributed by atoms with Crippen LogP contribution in [-0.4, -0.2) is 60.8 Å². The molecule has 0 bridgehead atoms. The molecule has 11 nitrogen and oxygen atoms in total. The molecular formula is C22H27ClN4O7. The Morgan fingerprint density at radius 2 is 1.85 bits per heavy atom. The summed E-state index contributed by atoms with van der Waals surface area (Å²) in [5.41, 5.74) is -2.54. The van der Waals surface area contributed by atoms with Crippen molar-refractivity contribution in [3.63, 3.8) is 0 Å². The minimum Gasteiger partial charge on any atom is -0.481 e. The fourth-order valence-electron chi connectivity index (χ4n) is 4.08. The maximum absolute atomic E-state index is 12.9. The molecule has 12 heteroatoms. The maximum atomic E-state index is 12.9. The van der Waals surface area contributed by atoms with E-state index in [-0.39, 0.29) is 22.8 Å². The fraction of sp³-hybridized carbons (Fsp3) is 0.500. The first-order chi connectivity index (χ1) is 16.2. The second kappa shape index (κ2) is 10.9. The summed E-state index contributed by atoms with van der Waals surface area (Å²) in [6, 6.07) is 4.12. The minimum absolute atomic E-state index is 0.00942. The van der Waals surface area contributed by atoms with Gasteiger partial charge >= 0.3 is 11.7 Å². The van der Waals surface area contributed by atoms with Crippen LogP contribution in [0.4, 0.5) is 0 Å². The SMILES string of the molecule is O=C(NCC1(C(=O)O)CCCCCC1)c1cc(-n2ncc(=O)n(CC(O)CO)c2=O)ccc1Cl. The third-order valence-electron chi connectivity index (χ3n) is 6.11. The van der Waals surface area contributed by atoms with Crippen molar-refractivity contribution < 1.29 is 24.9 Å². The van der Waals surface area contributed by atoms with Gasteiger partial charge in [0.1, 0.15) is 6.20 Å². The van der Waals surface area contributed by atoms with E-state index in [0.717, 1.165) is 36.6 Å². The van der Waals surface area contributed by atoms with Crippen molar-refractivity contribution in [3.05, 3.63) is 55.8 Å². The third kappa shape index (κ3) is 5.54. The number of nitrogens with zero attached hydrogens (tertiary/aromatic N) is 3. The van der Waals surface area contributed by atoms with Gasteiger partial charge in [-0.05, 0) is 31.0 Å². The molecule has 1 aromatic heterocycles. The predicted octanol–water partition coefficient (Wildman–Crippen LogP) is 0.556. The predicted molar refractivity (Wildman–Crippen MR) is 122 cm³/mol. The third-order valence-corrected chi connectivity index (χ3v) is 6.44. The lowest BCUT2D eigenvalue weighted by Crippen LogP contribution is -2.43. The molecule has 3 rings (SSSR count). The van der Waals surface area contributed by atoms with Crippen LogP contribution in [0.25, 0.3) is 5.69 Å². The highest BCUT2D eigenvalue weighted by Crippen LogP contribution is 2.35. The molecule has 1 aromatic carbocycles. The second-order valence-corrected chi connectivity index (χ2v) is 8.88. The quantitative estimate of drug-likeness (QED) is 0.386. The van der Waals surface area contributed by atoms with Crippen LogP contribution in [0.3, 0.4) is 0 Å². The molecule has 1 atom stereocenters. The van der Waals surface area contributed by atoms with Gasteiger partial charge in [0.15, 0.2) is 0 Å². The van der Waals surface area contributed by atoms with E-state index in [9.17, 15) is 29.4 Å².